The number of benzene rings is 1. The third-order valence-electron chi connectivity index (χ3n) is 4.32. The van der Waals surface area contributed by atoms with Crippen molar-refractivity contribution in [3.05, 3.63) is 35.9 Å². The zero-order chi connectivity index (χ0) is 14.8. The summed E-state index contributed by atoms with van der Waals surface area (Å²) in [6.07, 6.45) is 1.19. The second kappa shape index (κ2) is 7.11. The van der Waals surface area contributed by atoms with Gasteiger partial charge in [-0.1, -0.05) is 30.3 Å². The summed E-state index contributed by atoms with van der Waals surface area (Å²) < 4.78 is 0. The minimum Gasteiger partial charge on any atom is -0.341 e. The van der Waals surface area contributed by atoms with Crippen LogP contribution in [0.3, 0.4) is 0 Å². The van der Waals surface area contributed by atoms with Gasteiger partial charge in [-0.05, 0) is 12.0 Å². The molecule has 120 valence electrons. The first-order valence-corrected chi connectivity index (χ1v) is 7.49. The number of halogens is 1. The lowest BCUT2D eigenvalue weighted by Gasteiger charge is -2.20. The molecule has 1 unspecified atom stereocenters. The third kappa shape index (κ3) is 3.59. The molecule has 22 heavy (non-hydrogen) atoms. The van der Waals surface area contributed by atoms with Crippen molar-refractivity contribution in [3.8, 4) is 0 Å². The van der Waals surface area contributed by atoms with Crippen molar-refractivity contribution in [2.24, 2.45) is 11.7 Å². The van der Waals surface area contributed by atoms with Crippen molar-refractivity contribution in [2.75, 3.05) is 19.6 Å². The van der Waals surface area contributed by atoms with Gasteiger partial charge in [-0.15, -0.1) is 12.4 Å². The molecule has 2 amide bonds. The largest absolute Gasteiger partial charge is 0.341 e. The molecule has 2 atom stereocenters. The highest BCUT2D eigenvalue weighted by molar-refractivity contribution is 5.89. The van der Waals surface area contributed by atoms with Gasteiger partial charge in [-0.2, -0.15) is 0 Å². The maximum absolute atomic E-state index is 12.4. The zero-order valence-electron chi connectivity index (χ0n) is 12.5. The summed E-state index contributed by atoms with van der Waals surface area (Å²) in [5.74, 6) is -0.0425. The Morgan fingerprint density at radius 2 is 1.95 bits per heavy atom. The first-order chi connectivity index (χ1) is 10.1. The van der Waals surface area contributed by atoms with Crippen LogP contribution in [-0.2, 0) is 16.1 Å². The number of likely N-dealkylation sites (tertiary alicyclic amines) is 2. The highest BCUT2D eigenvalue weighted by atomic mass is 35.5. The van der Waals surface area contributed by atoms with Crippen LogP contribution in [0.15, 0.2) is 30.3 Å². The van der Waals surface area contributed by atoms with Crippen molar-refractivity contribution >= 4 is 24.2 Å². The van der Waals surface area contributed by atoms with E-state index in [0.29, 0.717) is 26.1 Å². The predicted molar refractivity (Wildman–Crippen MR) is 86.4 cm³/mol. The molecule has 0 saturated carbocycles. The van der Waals surface area contributed by atoms with E-state index in [1.807, 2.05) is 35.2 Å². The lowest BCUT2D eigenvalue weighted by atomic mass is 10.1. The average Bonchev–Trinajstić information content (AvgIpc) is 3.06. The van der Waals surface area contributed by atoms with Crippen LogP contribution in [0.4, 0.5) is 0 Å². The molecule has 6 heteroatoms. The molecule has 2 saturated heterocycles. The van der Waals surface area contributed by atoms with E-state index in [1.54, 1.807) is 4.90 Å². The van der Waals surface area contributed by atoms with Crippen LogP contribution in [-0.4, -0.2) is 47.3 Å². The first kappa shape index (κ1) is 16.8. The Morgan fingerprint density at radius 1 is 1.23 bits per heavy atom. The van der Waals surface area contributed by atoms with Gasteiger partial charge < -0.3 is 15.5 Å². The van der Waals surface area contributed by atoms with Gasteiger partial charge in [0.25, 0.3) is 0 Å². The molecule has 1 aromatic rings. The SMILES string of the molecule is Cl.N[C@@H]1CCN(C(=O)C2CC(=O)N(Cc3ccccc3)C2)C1. The highest BCUT2D eigenvalue weighted by Crippen LogP contribution is 2.23. The molecule has 0 bridgehead atoms. The Labute approximate surface area is 136 Å². The number of amides is 2. The van der Waals surface area contributed by atoms with Crippen LogP contribution in [0.1, 0.15) is 18.4 Å². The third-order valence-corrected chi connectivity index (χ3v) is 4.32. The summed E-state index contributed by atoms with van der Waals surface area (Å²) >= 11 is 0. The molecule has 0 aromatic heterocycles. The van der Waals surface area contributed by atoms with Crippen molar-refractivity contribution in [3.63, 3.8) is 0 Å². The van der Waals surface area contributed by atoms with Gasteiger partial charge >= 0.3 is 0 Å². The molecule has 0 radical (unpaired) electrons. The molecule has 2 aliphatic rings. The van der Waals surface area contributed by atoms with Crippen LogP contribution in [0.5, 0.6) is 0 Å². The molecule has 2 N–H and O–H groups in total. The molecule has 0 aliphatic carbocycles. The summed E-state index contributed by atoms with van der Waals surface area (Å²) in [5, 5.41) is 0. The molecule has 2 fully saturated rings. The second-order valence-electron chi connectivity index (χ2n) is 5.99. The van der Waals surface area contributed by atoms with E-state index in [9.17, 15) is 9.59 Å². The molecule has 1 aromatic carbocycles. The van der Waals surface area contributed by atoms with Gasteiger partial charge in [-0.3, -0.25) is 9.59 Å². The summed E-state index contributed by atoms with van der Waals surface area (Å²) in [6, 6.07) is 9.97. The van der Waals surface area contributed by atoms with E-state index in [2.05, 4.69) is 0 Å². The average molecular weight is 324 g/mol. The lowest BCUT2D eigenvalue weighted by Crippen LogP contribution is -2.37. The topological polar surface area (TPSA) is 66.6 Å². The fourth-order valence-electron chi connectivity index (χ4n) is 3.14. The van der Waals surface area contributed by atoms with E-state index < -0.39 is 0 Å². The standard InChI is InChI=1S/C16H21N3O2.ClH/c17-14-6-7-18(11-14)16(21)13-8-15(20)19(10-13)9-12-4-2-1-3-5-12;/h1-5,13-14H,6-11,17H2;1H/t13?,14-;/m1./s1. The highest BCUT2D eigenvalue weighted by Gasteiger charge is 2.37. The Kier molecular flexibility index (Phi) is 5.42. The number of nitrogens with zero attached hydrogens (tertiary/aromatic N) is 2. The molecular weight excluding hydrogens is 302 g/mol. The van der Waals surface area contributed by atoms with Crippen LogP contribution in [0.25, 0.3) is 0 Å². The maximum Gasteiger partial charge on any atom is 0.228 e. The van der Waals surface area contributed by atoms with Crippen LogP contribution < -0.4 is 5.73 Å². The molecule has 5 nitrogen and oxygen atoms in total. The summed E-state index contributed by atoms with van der Waals surface area (Å²) in [5.41, 5.74) is 6.95. The van der Waals surface area contributed by atoms with Crippen LogP contribution >= 0.6 is 12.4 Å². The number of carbonyl (C=O) groups excluding carboxylic acids is 2. The quantitative estimate of drug-likeness (QED) is 0.903. The van der Waals surface area contributed by atoms with Crippen molar-refractivity contribution in [1.29, 1.82) is 0 Å². The van der Waals surface area contributed by atoms with Gasteiger partial charge in [0.1, 0.15) is 0 Å². The summed E-state index contributed by atoms with van der Waals surface area (Å²) in [6.45, 7) is 2.47. The second-order valence-corrected chi connectivity index (χ2v) is 5.99. The Balaban J connectivity index is 0.00000176. The monoisotopic (exact) mass is 323 g/mol. The Bertz CT molecular complexity index is 537. The predicted octanol–water partition coefficient (Wildman–Crippen LogP) is 1.02. The number of carbonyl (C=O) groups is 2. The van der Waals surface area contributed by atoms with Gasteiger partial charge in [0, 0.05) is 38.6 Å². The van der Waals surface area contributed by atoms with E-state index >= 15 is 0 Å². The number of hydrogen-bond donors (Lipinski definition) is 1. The summed E-state index contributed by atoms with van der Waals surface area (Å²) in [7, 11) is 0. The molecular formula is C16H22ClN3O2. The number of hydrogen-bond acceptors (Lipinski definition) is 3. The van der Waals surface area contributed by atoms with E-state index in [-0.39, 0.29) is 36.2 Å². The van der Waals surface area contributed by atoms with Crippen molar-refractivity contribution < 1.29 is 9.59 Å². The van der Waals surface area contributed by atoms with Gasteiger partial charge in [0.2, 0.25) is 11.8 Å². The fraction of sp³-hybridized carbons (Fsp3) is 0.500. The van der Waals surface area contributed by atoms with E-state index in [0.717, 1.165) is 18.5 Å². The van der Waals surface area contributed by atoms with Gasteiger partial charge in [0.15, 0.2) is 0 Å². The smallest absolute Gasteiger partial charge is 0.228 e. The molecule has 3 rings (SSSR count). The summed E-state index contributed by atoms with van der Waals surface area (Å²) in [4.78, 5) is 28.1. The van der Waals surface area contributed by atoms with Crippen molar-refractivity contribution in [1.82, 2.24) is 9.80 Å². The molecule has 2 aliphatic heterocycles. The minimum atomic E-state index is -0.202. The number of rotatable bonds is 3. The fourth-order valence-corrected chi connectivity index (χ4v) is 3.14. The minimum absolute atomic E-state index is 0. The van der Waals surface area contributed by atoms with Crippen LogP contribution in [0.2, 0.25) is 0 Å². The maximum atomic E-state index is 12.4. The normalized spacial score (nSPS) is 24.5. The first-order valence-electron chi connectivity index (χ1n) is 7.49. The van der Waals surface area contributed by atoms with Crippen LogP contribution in [0, 0.1) is 5.92 Å². The van der Waals surface area contributed by atoms with E-state index in [1.165, 1.54) is 0 Å². The van der Waals surface area contributed by atoms with E-state index in [4.69, 9.17) is 5.73 Å². The van der Waals surface area contributed by atoms with Crippen molar-refractivity contribution in [2.45, 2.75) is 25.4 Å². The number of nitrogens with two attached hydrogens (primary N) is 1. The van der Waals surface area contributed by atoms with Gasteiger partial charge in [-0.25, -0.2) is 0 Å². The molecule has 0 spiro atoms. The Hall–Kier alpha value is -1.59. The zero-order valence-corrected chi connectivity index (χ0v) is 13.3. The Morgan fingerprint density at radius 3 is 2.59 bits per heavy atom. The van der Waals surface area contributed by atoms with Gasteiger partial charge in [0.05, 0.1) is 5.92 Å². The molecule has 2 heterocycles. The lowest BCUT2D eigenvalue weighted by molar-refractivity contribution is -0.134.